The van der Waals surface area contributed by atoms with Crippen LogP contribution in [0.3, 0.4) is 0 Å². The maximum atomic E-state index is 9.91. The zero-order chi connectivity index (χ0) is 8.65. The van der Waals surface area contributed by atoms with Crippen LogP contribution in [-0.2, 0) is 0 Å². The molecule has 1 nitrogen and oxygen atoms in total. The zero-order valence-electron chi connectivity index (χ0n) is 6.34. The van der Waals surface area contributed by atoms with Crippen molar-refractivity contribution in [2.45, 2.75) is 0 Å². The maximum absolute atomic E-state index is 9.91. The van der Waals surface area contributed by atoms with Crippen molar-refractivity contribution in [1.29, 1.82) is 0 Å². The molecule has 0 N–H and O–H groups in total. The molecule has 0 aromatic carbocycles. The first-order valence-corrected chi connectivity index (χ1v) is 7.21. The van der Waals surface area contributed by atoms with Gasteiger partial charge in [0.1, 0.15) is 0 Å². The van der Waals surface area contributed by atoms with Gasteiger partial charge in [-0.1, -0.05) is 0 Å². The van der Waals surface area contributed by atoms with Gasteiger partial charge in [0.15, 0.2) is 0 Å². The molecule has 2 heterocycles. The second kappa shape index (κ2) is 6.21. The van der Waals surface area contributed by atoms with E-state index in [4.69, 9.17) is 0 Å². The molecule has 2 aromatic rings. The second-order valence-electron chi connectivity index (χ2n) is 1.93. The monoisotopic (exact) mass is 292 g/mol. The summed E-state index contributed by atoms with van der Waals surface area (Å²) >= 11 is 1.06. The van der Waals surface area contributed by atoms with E-state index in [2.05, 4.69) is 22.0 Å². The fourth-order valence-corrected chi connectivity index (χ4v) is 2.64. The molecule has 0 saturated heterocycles. The van der Waals surface area contributed by atoms with Crippen LogP contribution in [0.2, 0.25) is 0 Å². The Morgan fingerprint density at radius 3 is 2.08 bits per heavy atom. The van der Waals surface area contributed by atoms with Crippen LogP contribution in [0.25, 0.3) is 0 Å². The van der Waals surface area contributed by atoms with E-state index < -0.39 is 0 Å². The van der Waals surface area contributed by atoms with Gasteiger partial charge in [-0.05, 0) is 0 Å². The molecule has 0 radical (unpaired) electrons. The van der Waals surface area contributed by atoms with Gasteiger partial charge < -0.3 is 0 Å². The van der Waals surface area contributed by atoms with Crippen molar-refractivity contribution >= 4 is 35.3 Å². The fourth-order valence-electron chi connectivity index (χ4n) is 0.585. The van der Waals surface area contributed by atoms with E-state index >= 15 is 0 Å². The number of carbonyl (C=O) groups excluding carboxylic acids is 1. The Balaban J connectivity index is 0.000000127. The summed E-state index contributed by atoms with van der Waals surface area (Å²) in [4.78, 5) is 16.3. The first kappa shape index (κ1) is 9.75. The standard InChI is InChI=1S/C5H4OSe.C4H4Se/c6-4-5-2-1-3-7-5;1-2-4-5-3-1/h1-4H;1-4H. The van der Waals surface area contributed by atoms with Crippen LogP contribution in [0.1, 0.15) is 9.23 Å². The molecule has 62 valence electrons. The van der Waals surface area contributed by atoms with Crippen molar-refractivity contribution in [3.05, 3.63) is 43.5 Å². The molecule has 2 aromatic heterocycles. The van der Waals surface area contributed by atoms with Crippen LogP contribution in [0.4, 0.5) is 0 Å². The van der Waals surface area contributed by atoms with Gasteiger partial charge in [0.2, 0.25) is 0 Å². The summed E-state index contributed by atoms with van der Waals surface area (Å²) in [6.45, 7) is 0. The van der Waals surface area contributed by atoms with Gasteiger partial charge in [-0.3, -0.25) is 0 Å². The van der Waals surface area contributed by atoms with E-state index in [0.717, 1.165) is 10.7 Å². The summed E-state index contributed by atoms with van der Waals surface area (Å²) in [5, 5.41) is 0. The van der Waals surface area contributed by atoms with Gasteiger partial charge in [0.05, 0.1) is 0 Å². The molecule has 3 heteroatoms. The molecule has 12 heavy (non-hydrogen) atoms. The molecule has 0 unspecified atom stereocenters. The molecule has 0 amide bonds. The Labute approximate surface area is 83.5 Å². The average molecular weight is 290 g/mol. The molecule has 2 rings (SSSR count). The van der Waals surface area contributed by atoms with Crippen LogP contribution in [0, 0.1) is 0 Å². The van der Waals surface area contributed by atoms with E-state index in [9.17, 15) is 4.79 Å². The molecule has 0 bridgehead atoms. The number of aldehydes is 1. The molecular weight excluding hydrogens is 282 g/mol. The van der Waals surface area contributed by atoms with Crippen LogP contribution < -0.4 is 0 Å². The van der Waals surface area contributed by atoms with Crippen molar-refractivity contribution in [3.8, 4) is 0 Å². The van der Waals surface area contributed by atoms with Crippen LogP contribution in [0.15, 0.2) is 39.1 Å². The molecule has 0 spiro atoms. The van der Waals surface area contributed by atoms with Gasteiger partial charge in [0, 0.05) is 0 Å². The summed E-state index contributed by atoms with van der Waals surface area (Å²) in [6.07, 6.45) is 0.917. The third-order valence-electron chi connectivity index (χ3n) is 1.08. The first-order chi connectivity index (χ1) is 5.93. The number of hydrogen-bond donors (Lipinski definition) is 0. The molecule has 0 aliphatic heterocycles. The molecule has 0 aliphatic carbocycles. The Morgan fingerprint density at radius 1 is 1.08 bits per heavy atom. The summed E-state index contributed by atoms with van der Waals surface area (Å²) < 4.78 is 0.938. The number of carbonyl (C=O) groups is 1. The van der Waals surface area contributed by atoms with Gasteiger partial charge >= 0.3 is 83.6 Å². The Bertz CT molecular complexity index is 267. The van der Waals surface area contributed by atoms with Crippen LogP contribution >= 0.6 is 0 Å². The van der Waals surface area contributed by atoms with Crippen molar-refractivity contribution in [3.63, 3.8) is 0 Å². The molecule has 0 saturated carbocycles. The van der Waals surface area contributed by atoms with E-state index in [1.54, 1.807) is 0 Å². The Hall–Kier alpha value is -0.331. The Kier molecular flexibility index (Phi) is 5.05. The Morgan fingerprint density at radius 2 is 1.83 bits per heavy atom. The van der Waals surface area contributed by atoms with E-state index in [1.807, 2.05) is 17.1 Å². The van der Waals surface area contributed by atoms with Crippen molar-refractivity contribution in [2.24, 2.45) is 0 Å². The molecular formula is C9H8OSe2. The molecule has 0 fully saturated rings. The van der Waals surface area contributed by atoms with E-state index in [1.165, 1.54) is 0 Å². The summed E-state index contributed by atoms with van der Waals surface area (Å²) in [5.41, 5.74) is 0. The van der Waals surface area contributed by atoms with E-state index in [0.29, 0.717) is 29.0 Å². The summed E-state index contributed by atoms with van der Waals surface area (Å²) in [7, 11) is 0. The van der Waals surface area contributed by atoms with E-state index in [-0.39, 0.29) is 0 Å². The average Bonchev–Trinajstić information content (AvgIpc) is 2.81. The van der Waals surface area contributed by atoms with Crippen LogP contribution in [0.5, 0.6) is 0 Å². The summed E-state index contributed by atoms with van der Waals surface area (Å²) in [5.74, 6) is 0. The normalized spacial score (nSPS) is 8.33. The predicted octanol–water partition coefficient (Wildman–Crippen LogP) is 1.30. The third kappa shape index (κ3) is 3.89. The predicted molar refractivity (Wildman–Crippen MR) is 52.2 cm³/mol. The van der Waals surface area contributed by atoms with Gasteiger partial charge in [-0.25, -0.2) is 0 Å². The van der Waals surface area contributed by atoms with Gasteiger partial charge in [-0.2, -0.15) is 0 Å². The fraction of sp³-hybridized carbons (Fsp3) is 0. The number of rotatable bonds is 1. The van der Waals surface area contributed by atoms with Crippen molar-refractivity contribution in [2.75, 3.05) is 0 Å². The van der Waals surface area contributed by atoms with Crippen LogP contribution in [-0.4, -0.2) is 35.3 Å². The number of hydrogen-bond acceptors (Lipinski definition) is 1. The minimum atomic E-state index is 0.349. The molecule has 0 atom stereocenters. The summed E-state index contributed by atoms with van der Waals surface area (Å²) in [6, 6.07) is 7.94. The minimum absolute atomic E-state index is 0.349. The topological polar surface area (TPSA) is 17.1 Å². The SMILES string of the molecule is O=Cc1ccc[se]1.c1cc[se]c1. The second-order valence-corrected chi connectivity index (χ2v) is 5.69. The van der Waals surface area contributed by atoms with Crippen molar-refractivity contribution in [1.82, 2.24) is 0 Å². The first-order valence-electron chi connectivity index (χ1n) is 3.39. The zero-order valence-corrected chi connectivity index (χ0v) is 9.77. The third-order valence-corrected chi connectivity index (χ3v) is 4.08. The quantitative estimate of drug-likeness (QED) is 0.571. The van der Waals surface area contributed by atoms with Crippen molar-refractivity contribution < 1.29 is 4.79 Å². The van der Waals surface area contributed by atoms with Gasteiger partial charge in [0.25, 0.3) is 0 Å². The van der Waals surface area contributed by atoms with Gasteiger partial charge in [-0.15, -0.1) is 0 Å². The molecule has 0 aliphatic rings.